The molecule has 0 saturated carbocycles. The maximum Gasteiger partial charge on any atom is 0.271 e. The van der Waals surface area contributed by atoms with E-state index in [4.69, 9.17) is 22.1 Å². The van der Waals surface area contributed by atoms with Gasteiger partial charge < -0.3 is 10.5 Å². The number of nitrogens with zero attached hydrogens (tertiary/aromatic N) is 2. The Hall–Kier alpha value is -3.32. The van der Waals surface area contributed by atoms with Gasteiger partial charge in [0.05, 0.1) is 10.6 Å². The number of rotatable bonds is 6. The molecule has 1 aromatic heterocycles. The molecule has 4 N–H and O–H groups in total. The summed E-state index contributed by atoms with van der Waals surface area (Å²) in [6.07, 6.45) is 1.29. The van der Waals surface area contributed by atoms with Crippen LogP contribution in [-0.2, 0) is 0 Å². The number of nitrogens with one attached hydrogen (secondary N) is 2. The molecule has 0 saturated heterocycles. The predicted molar refractivity (Wildman–Crippen MR) is 110 cm³/mol. The number of carbonyl (C=O) groups is 1. The molecule has 0 aliphatic rings. The van der Waals surface area contributed by atoms with Crippen LogP contribution >= 0.6 is 11.6 Å². The van der Waals surface area contributed by atoms with Crippen LogP contribution in [0, 0.1) is 0 Å². The van der Waals surface area contributed by atoms with Gasteiger partial charge in [-0.1, -0.05) is 49.7 Å². The van der Waals surface area contributed by atoms with E-state index in [9.17, 15) is 4.79 Å². The topological polar surface area (TPSA) is 102 Å². The summed E-state index contributed by atoms with van der Waals surface area (Å²) in [5.41, 5.74) is 12.9. The molecule has 0 radical (unpaired) electrons. The van der Waals surface area contributed by atoms with Crippen LogP contribution in [0.3, 0.4) is 0 Å². The molecule has 0 atom stereocenters. The SMILES string of the molecule is CC(C)c1ccc(Oc2ncnc(NNC(=O)c3ccccc3Cl)c2N)cc1. The highest BCUT2D eigenvalue weighted by molar-refractivity contribution is 6.33. The number of hydrazine groups is 1. The molecule has 2 aromatic carbocycles. The summed E-state index contributed by atoms with van der Waals surface area (Å²) in [5.74, 6) is 0.998. The Kier molecular flexibility index (Phi) is 5.96. The van der Waals surface area contributed by atoms with Gasteiger partial charge in [0, 0.05) is 0 Å². The number of amides is 1. The van der Waals surface area contributed by atoms with Crippen LogP contribution in [0.5, 0.6) is 11.6 Å². The summed E-state index contributed by atoms with van der Waals surface area (Å²) in [7, 11) is 0. The molecule has 0 fully saturated rings. The summed E-state index contributed by atoms with van der Waals surface area (Å²) < 4.78 is 5.75. The second kappa shape index (κ2) is 8.58. The molecular weight excluding hydrogens is 378 g/mol. The molecule has 1 amide bonds. The molecule has 1 heterocycles. The standard InChI is InChI=1S/C20H20ClN5O2/c1-12(2)13-7-9-14(10-8-13)28-20-17(22)18(23-11-24-20)25-26-19(27)15-5-3-4-6-16(15)21/h3-12H,22H2,1-2H3,(H,26,27)(H,23,24,25). The zero-order valence-corrected chi connectivity index (χ0v) is 16.2. The van der Waals surface area contributed by atoms with Gasteiger partial charge in [-0.05, 0) is 35.7 Å². The molecule has 28 heavy (non-hydrogen) atoms. The summed E-state index contributed by atoms with van der Waals surface area (Å²) in [6, 6.07) is 14.4. The molecule has 3 rings (SSSR count). The average Bonchev–Trinajstić information content (AvgIpc) is 2.69. The Morgan fingerprint density at radius 1 is 1.11 bits per heavy atom. The summed E-state index contributed by atoms with van der Waals surface area (Å²) in [4.78, 5) is 20.3. The van der Waals surface area contributed by atoms with Crippen molar-refractivity contribution in [2.24, 2.45) is 0 Å². The van der Waals surface area contributed by atoms with E-state index in [1.165, 1.54) is 11.9 Å². The normalized spacial score (nSPS) is 10.6. The van der Waals surface area contributed by atoms with E-state index < -0.39 is 5.91 Å². The molecule has 144 valence electrons. The van der Waals surface area contributed by atoms with E-state index in [1.807, 2.05) is 24.3 Å². The van der Waals surface area contributed by atoms with Gasteiger partial charge in [0.15, 0.2) is 5.82 Å². The van der Waals surface area contributed by atoms with Crippen molar-refractivity contribution in [2.45, 2.75) is 19.8 Å². The lowest BCUT2D eigenvalue weighted by Crippen LogP contribution is -2.30. The molecule has 8 heteroatoms. The highest BCUT2D eigenvalue weighted by Crippen LogP contribution is 2.29. The third-order valence-corrected chi connectivity index (χ3v) is 4.35. The number of benzene rings is 2. The van der Waals surface area contributed by atoms with Crippen molar-refractivity contribution in [3.63, 3.8) is 0 Å². The number of ether oxygens (including phenoxy) is 1. The van der Waals surface area contributed by atoms with Crippen molar-refractivity contribution in [3.05, 3.63) is 71.0 Å². The summed E-state index contributed by atoms with van der Waals surface area (Å²) >= 11 is 6.02. The van der Waals surface area contributed by atoms with E-state index >= 15 is 0 Å². The first-order chi connectivity index (χ1) is 13.5. The van der Waals surface area contributed by atoms with Crippen LogP contribution in [0.4, 0.5) is 11.5 Å². The predicted octanol–water partition coefficient (Wildman–Crippen LogP) is 4.38. The fourth-order valence-corrected chi connectivity index (χ4v) is 2.64. The molecular formula is C20H20ClN5O2. The smallest absolute Gasteiger partial charge is 0.271 e. The van der Waals surface area contributed by atoms with Crippen LogP contribution in [0.15, 0.2) is 54.9 Å². The van der Waals surface area contributed by atoms with Crippen molar-refractivity contribution in [2.75, 3.05) is 11.2 Å². The fraction of sp³-hybridized carbons (Fsp3) is 0.150. The van der Waals surface area contributed by atoms with Gasteiger partial charge in [-0.15, -0.1) is 0 Å². The molecule has 0 bridgehead atoms. The molecule has 0 unspecified atom stereocenters. The van der Waals surface area contributed by atoms with Crippen molar-refractivity contribution < 1.29 is 9.53 Å². The zero-order chi connectivity index (χ0) is 20.1. The average molecular weight is 398 g/mol. The fourth-order valence-electron chi connectivity index (χ4n) is 2.42. The first-order valence-electron chi connectivity index (χ1n) is 8.65. The first-order valence-corrected chi connectivity index (χ1v) is 9.02. The summed E-state index contributed by atoms with van der Waals surface area (Å²) in [6.45, 7) is 4.24. The van der Waals surface area contributed by atoms with Crippen molar-refractivity contribution in [3.8, 4) is 11.6 Å². The highest BCUT2D eigenvalue weighted by atomic mass is 35.5. The van der Waals surface area contributed by atoms with Crippen molar-refractivity contribution in [1.82, 2.24) is 15.4 Å². The van der Waals surface area contributed by atoms with Gasteiger partial charge in [0.1, 0.15) is 17.8 Å². The Bertz CT molecular complexity index is 977. The van der Waals surface area contributed by atoms with Gasteiger partial charge in [-0.25, -0.2) is 4.98 Å². The second-order valence-corrected chi connectivity index (χ2v) is 6.73. The van der Waals surface area contributed by atoms with Crippen LogP contribution in [0.1, 0.15) is 35.7 Å². The number of aromatic nitrogens is 2. The maximum atomic E-state index is 12.2. The molecule has 0 aliphatic carbocycles. The Morgan fingerprint density at radius 2 is 1.82 bits per heavy atom. The van der Waals surface area contributed by atoms with Gasteiger partial charge in [0.2, 0.25) is 5.88 Å². The minimum Gasteiger partial charge on any atom is -0.437 e. The quantitative estimate of drug-likeness (QED) is 0.533. The van der Waals surface area contributed by atoms with Gasteiger partial charge in [0.25, 0.3) is 5.91 Å². The van der Waals surface area contributed by atoms with E-state index in [1.54, 1.807) is 24.3 Å². The minimum atomic E-state index is -0.421. The van der Waals surface area contributed by atoms with Crippen molar-refractivity contribution in [1.29, 1.82) is 0 Å². The van der Waals surface area contributed by atoms with E-state index in [0.717, 1.165) is 0 Å². The Balaban J connectivity index is 1.70. The van der Waals surface area contributed by atoms with Crippen LogP contribution in [0.25, 0.3) is 0 Å². The number of hydrogen-bond acceptors (Lipinski definition) is 6. The van der Waals surface area contributed by atoms with E-state index in [0.29, 0.717) is 22.3 Å². The maximum absolute atomic E-state index is 12.2. The monoisotopic (exact) mass is 397 g/mol. The molecule has 7 nitrogen and oxygen atoms in total. The van der Waals surface area contributed by atoms with E-state index in [-0.39, 0.29) is 17.4 Å². The number of halogens is 1. The second-order valence-electron chi connectivity index (χ2n) is 6.33. The number of nitrogens with two attached hydrogens (primary N) is 1. The van der Waals surface area contributed by atoms with Gasteiger partial charge >= 0.3 is 0 Å². The number of hydrogen-bond donors (Lipinski definition) is 3. The Morgan fingerprint density at radius 3 is 2.50 bits per heavy atom. The van der Waals surface area contributed by atoms with Crippen molar-refractivity contribution >= 4 is 29.0 Å². The van der Waals surface area contributed by atoms with Crippen LogP contribution in [0.2, 0.25) is 5.02 Å². The number of anilines is 2. The lowest BCUT2D eigenvalue weighted by Gasteiger charge is -2.13. The van der Waals surface area contributed by atoms with Gasteiger partial charge in [-0.2, -0.15) is 4.98 Å². The van der Waals surface area contributed by atoms with Crippen LogP contribution in [-0.4, -0.2) is 15.9 Å². The first kappa shape index (κ1) is 19.4. The lowest BCUT2D eigenvalue weighted by molar-refractivity contribution is 0.0962. The Labute approximate surface area is 167 Å². The van der Waals surface area contributed by atoms with E-state index in [2.05, 4.69) is 34.7 Å². The minimum absolute atomic E-state index is 0.162. The molecule has 0 aliphatic heterocycles. The number of carbonyl (C=O) groups excluding carboxylic acids is 1. The third kappa shape index (κ3) is 4.50. The largest absolute Gasteiger partial charge is 0.437 e. The third-order valence-electron chi connectivity index (χ3n) is 4.02. The molecule has 3 aromatic rings. The zero-order valence-electron chi connectivity index (χ0n) is 15.4. The highest BCUT2D eigenvalue weighted by Gasteiger charge is 2.13. The van der Waals surface area contributed by atoms with Crippen LogP contribution < -0.4 is 21.3 Å². The number of nitrogen functional groups attached to an aromatic ring is 1. The summed E-state index contributed by atoms with van der Waals surface area (Å²) in [5, 5.41) is 0.339. The van der Waals surface area contributed by atoms with Gasteiger partial charge in [-0.3, -0.25) is 15.6 Å². The lowest BCUT2D eigenvalue weighted by atomic mass is 10.0. The molecule has 0 spiro atoms.